The third kappa shape index (κ3) is 5.69. The Morgan fingerprint density at radius 2 is 1.42 bits per heavy atom. The van der Waals surface area contributed by atoms with Crippen molar-refractivity contribution in [2.75, 3.05) is 10.0 Å². The van der Waals surface area contributed by atoms with Crippen molar-refractivity contribution >= 4 is 27.3 Å². The fraction of sp³-hybridized carbons (Fsp3) is 0. The van der Waals surface area contributed by atoms with Crippen molar-refractivity contribution in [2.24, 2.45) is 0 Å². The lowest BCUT2D eigenvalue weighted by Gasteiger charge is -2.10. The van der Waals surface area contributed by atoms with E-state index in [1.54, 1.807) is 42.7 Å². The molecule has 1 heterocycles. The van der Waals surface area contributed by atoms with Gasteiger partial charge in [-0.1, -0.05) is 0 Å². The van der Waals surface area contributed by atoms with Gasteiger partial charge in [0.05, 0.1) is 4.90 Å². The van der Waals surface area contributed by atoms with Crippen LogP contribution in [-0.4, -0.2) is 24.3 Å². The maximum atomic E-state index is 13.0. The molecule has 0 radical (unpaired) electrons. The van der Waals surface area contributed by atoms with Crippen molar-refractivity contribution in [1.29, 1.82) is 0 Å². The molecule has 0 saturated carbocycles. The maximum absolute atomic E-state index is 13.0. The Morgan fingerprint density at radius 1 is 0.818 bits per heavy atom. The number of nitrogens with one attached hydrogen (secondary N) is 2. The Balaban J connectivity index is 1.39. The molecule has 10 heteroatoms. The molecule has 3 aromatic carbocycles. The van der Waals surface area contributed by atoms with Crippen molar-refractivity contribution in [3.8, 4) is 11.8 Å². The van der Waals surface area contributed by atoms with Crippen molar-refractivity contribution in [3.05, 3.63) is 103 Å². The number of nitrogens with zero attached hydrogens (tertiary/aromatic N) is 2. The van der Waals surface area contributed by atoms with Crippen LogP contribution in [0, 0.1) is 5.82 Å². The first-order chi connectivity index (χ1) is 15.9. The third-order valence-electron chi connectivity index (χ3n) is 4.39. The van der Waals surface area contributed by atoms with Crippen LogP contribution in [0.3, 0.4) is 0 Å². The van der Waals surface area contributed by atoms with Crippen LogP contribution in [0.1, 0.15) is 10.4 Å². The summed E-state index contributed by atoms with van der Waals surface area (Å²) in [7, 11) is -3.89. The molecular weight excluding hydrogens is 447 g/mol. The minimum atomic E-state index is -3.89. The number of aromatic nitrogens is 2. The van der Waals surface area contributed by atoms with E-state index in [0.717, 1.165) is 12.1 Å². The van der Waals surface area contributed by atoms with Crippen LogP contribution in [0.15, 0.2) is 96.2 Å². The molecule has 1 aromatic heterocycles. The van der Waals surface area contributed by atoms with Crippen molar-refractivity contribution in [3.63, 3.8) is 0 Å². The van der Waals surface area contributed by atoms with Crippen LogP contribution >= 0.6 is 0 Å². The molecule has 8 nitrogen and oxygen atoms in total. The average molecular weight is 464 g/mol. The van der Waals surface area contributed by atoms with E-state index in [2.05, 4.69) is 20.0 Å². The molecule has 1 amide bonds. The van der Waals surface area contributed by atoms with Gasteiger partial charge in [0, 0.05) is 29.3 Å². The molecule has 0 aliphatic heterocycles. The first kappa shape index (κ1) is 21.9. The van der Waals surface area contributed by atoms with Crippen LogP contribution in [-0.2, 0) is 10.0 Å². The molecule has 33 heavy (non-hydrogen) atoms. The summed E-state index contributed by atoms with van der Waals surface area (Å²) in [6, 6.07) is 18.9. The molecule has 0 fully saturated rings. The minimum absolute atomic E-state index is 0.0343. The van der Waals surface area contributed by atoms with Crippen LogP contribution in [0.4, 0.5) is 15.8 Å². The molecular formula is C23H17FN4O4S. The van der Waals surface area contributed by atoms with Gasteiger partial charge in [-0.25, -0.2) is 22.8 Å². The molecule has 0 spiro atoms. The van der Waals surface area contributed by atoms with Gasteiger partial charge in [-0.15, -0.1) is 0 Å². The van der Waals surface area contributed by atoms with Crippen molar-refractivity contribution < 1.29 is 22.3 Å². The van der Waals surface area contributed by atoms with Crippen LogP contribution < -0.4 is 14.8 Å². The zero-order chi connectivity index (χ0) is 23.3. The second-order valence-corrected chi connectivity index (χ2v) is 8.43. The summed E-state index contributed by atoms with van der Waals surface area (Å²) in [6.45, 7) is 0. The SMILES string of the molecule is O=C(Nc1ccc(Oc2ncccn2)cc1)c1ccc(S(=O)(=O)Nc2ccc(F)cc2)cc1. The van der Waals surface area contributed by atoms with Crippen molar-refractivity contribution in [2.45, 2.75) is 4.90 Å². The molecule has 4 rings (SSSR count). The fourth-order valence-corrected chi connectivity index (χ4v) is 3.83. The highest BCUT2D eigenvalue weighted by Gasteiger charge is 2.15. The predicted molar refractivity (Wildman–Crippen MR) is 120 cm³/mol. The highest BCUT2D eigenvalue weighted by atomic mass is 32.2. The fourth-order valence-electron chi connectivity index (χ4n) is 2.77. The number of ether oxygens (including phenoxy) is 1. The number of hydrogen-bond acceptors (Lipinski definition) is 6. The molecule has 0 atom stereocenters. The zero-order valence-electron chi connectivity index (χ0n) is 17.0. The van der Waals surface area contributed by atoms with Gasteiger partial charge in [0.15, 0.2) is 0 Å². The van der Waals surface area contributed by atoms with E-state index in [4.69, 9.17) is 4.74 Å². The lowest BCUT2D eigenvalue weighted by atomic mass is 10.2. The standard InChI is InChI=1S/C23H17FN4O4S/c24-17-4-6-19(7-5-17)28-33(30,31)21-12-2-16(3-13-21)22(29)27-18-8-10-20(11-9-18)32-23-25-14-1-15-26-23/h1-15,28H,(H,27,29). The van der Waals surface area contributed by atoms with Gasteiger partial charge >= 0.3 is 6.01 Å². The molecule has 0 unspecified atom stereocenters. The Hall–Kier alpha value is -4.31. The first-order valence-electron chi connectivity index (χ1n) is 9.64. The number of sulfonamides is 1. The lowest BCUT2D eigenvalue weighted by Crippen LogP contribution is -2.14. The number of benzene rings is 3. The van der Waals surface area contributed by atoms with E-state index in [1.807, 2.05) is 0 Å². The number of anilines is 2. The highest BCUT2D eigenvalue weighted by molar-refractivity contribution is 7.92. The summed E-state index contributed by atoms with van der Waals surface area (Å²) >= 11 is 0. The summed E-state index contributed by atoms with van der Waals surface area (Å²) in [6.07, 6.45) is 3.12. The van der Waals surface area contributed by atoms with E-state index in [0.29, 0.717) is 11.4 Å². The topological polar surface area (TPSA) is 110 Å². The van der Waals surface area contributed by atoms with Gasteiger partial charge in [0.1, 0.15) is 11.6 Å². The number of carbonyl (C=O) groups excluding carboxylic acids is 1. The van der Waals surface area contributed by atoms with E-state index in [-0.39, 0.29) is 22.2 Å². The smallest absolute Gasteiger partial charge is 0.321 e. The number of amides is 1. The number of halogens is 1. The van der Waals surface area contributed by atoms with Gasteiger partial charge in [-0.2, -0.15) is 0 Å². The molecule has 0 bridgehead atoms. The first-order valence-corrected chi connectivity index (χ1v) is 11.1. The summed E-state index contributed by atoms with van der Waals surface area (Å²) in [5.74, 6) is -0.381. The van der Waals surface area contributed by atoms with E-state index < -0.39 is 21.7 Å². The lowest BCUT2D eigenvalue weighted by molar-refractivity contribution is 0.102. The summed E-state index contributed by atoms with van der Waals surface area (Å²) < 4.78 is 45.8. The van der Waals surface area contributed by atoms with Crippen molar-refractivity contribution in [1.82, 2.24) is 9.97 Å². The summed E-state index contributed by atoms with van der Waals surface area (Å²) in [4.78, 5) is 20.4. The van der Waals surface area contributed by atoms with Gasteiger partial charge < -0.3 is 10.1 Å². The quantitative estimate of drug-likeness (QED) is 0.418. The number of rotatable bonds is 7. The van der Waals surface area contributed by atoms with Gasteiger partial charge in [0.25, 0.3) is 15.9 Å². The second-order valence-electron chi connectivity index (χ2n) is 6.75. The molecule has 0 aliphatic rings. The van der Waals surface area contributed by atoms with Crippen LogP contribution in [0.2, 0.25) is 0 Å². The number of hydrogen-bond donors (Lipinski definition) is 2. The van der Waals surface area contributed by atoms with Gasteiger partial charge in [-0.05, 0) is 78.9 Å². The van der Waals surface area contributed by atoms with Gasteiger partial charge in [-0.3, -0.25) is 9.52 Å². The maximum Gasteiger partial charge on any atom is 0.321 e. The van der Waals surface area contributed by atoms with E-state index >= 15 is 0 Å². The minimum Gasteiger partial charge on any atom is -0.424 e. The Morgan fingerprint density at radius 3 is 2.06 bits per heavy atom. The molecule has 4 aromatic rings. The molecule has 0 saturated heterocycles. The Bertz CT molecular complexity index is 1350. The largest absolute Gasteiger partial charge is 0.424 e. The summed E-state index contributed by atoms with van der Waals surface area (Å²) in [5.41, 5.74) is 1.02. The summed E-state index contributed by atoms with van der Waals surface area (Å²) in [5, 5.41) is 2.73. The zero-order valence-corrected chi connectivity index (χ0v) is 17.8. The van der Waals surface area contributed by atoms with E-state index in [1.165, 1.54) is 36.4 Å². The van der Waals surface area contributed by atoms with Crippen LogP contribution in [0.5, 0.6) is 11.8 Å². The monoisotopic (exact) mass is 464 g/mol. The van der Waals surface area contributed by atoms with Crippen LogP contribution in [0.25, 0.3) is 0 Å². The second kappa shape index (κ2) is 9.45. The average Bonchev–Trinajstić information content (AvgIpc) is 2.82. The van der Waals surface area contributed by atoms with Gasteiger partial charge in [0.2, 0.25) is 0 Å². The third-order valence-corrected chi connectivity index (χ3v) is 5.78. The Kier molecular flexibility index (Phi) is 6.27. The Labute approximate surface area is 189 Å². The van der Waals surface area contributed by atoms with E-state index in [9.17, 15) is 17.6 Å². The molecule has 2 N–H and O–H groups in total. The number of carbonyl (C=O) groups is 1. The molecule has 0 aliphatic carbocycles. The normalized spacial score (nSPS) is 10.9. The predicted octanol–water partition coefficient (Wildman–Crippen LogP) is 4.46. The molecule has 166 valence electrons. The highest BCUT2D eigenvalue weighted by Crippen LogP contribution is 2.21.